The summed E-state index contributed by atoms with van der Waals surface area (Å²) in [4.78, 5) is 14.5. The minimum absolute atomic E-state index is 0.0167. The predicted octanol–water partition coefficient (Wildman–Crippen LogP) is 4.23. The Hall–Kier alpha value is -2.55. The minimum atomic E-state index is 0.0167. The van der Waals surface area contributed by atoms with Gasteiger partial charge in [0.1, 0.15) is 5.58 Å². The van der Waals surface area contributed by atoms with Crippen molar-refractivity contribution in [2.24, 2.45) is 0 Å². The number of fused-ring (bicyclic) bond motifs is 1. The molecular formula is C20H21NO2. The van der Waals surface area contributed by atoms with Crippen molar-refractivity contribution in [3.63, 3.8) is 0 Å². The van der Waals surface area contributed by atoms with E-state index in [2.05, 4.69) is 26.0 Å². The van der Waals surface area contributed by atoms with Crippen molar-refractivity contribution in [1.29, 1.82) is 0 Å². The van der Waals surface area contributed by atoms with Crippen molar-refractivity contribution in [2.45, 2.75) is 20.3 Å². The van der Waals surface area contributed by atoms with Gasteiger partial charge in [0.05, 0.1) is 5.39 Å². The molecule has 1 aromatic heterocycles. The average Bonchev–Trinajstić information content (AvgIpc) is 2.57. The second-order valence-corrected chi connectivity index (χ2v) is 5.61. The van der Waals surface area contributed by atoms with Gasteiger partial charge < -0.3 is 9.32 Å². The van der Waals surface area contributed by atoms with E-state index in [-0.39, 0.29) is 5.43 Å². The largest absolute Gasteiger partial charge is 0.440 e. The lowest BCUT2D eigenvalue weighted by atomic mass is 10.0. The van der Waals surface area contributed by atoms with E-state index in [0.717, 1.165) is 25.1 Å². The van der Waals surface area contributed by atoms with Gasteiger partial charge in [0.15, 0.2) is 11.3 Å². The summed E-state index contributed by atoms with van der Waals surface area (Å²) >= 11 is 0. The zero-order chi connectivity index (χ0) is 16.2. The van der Waals surface area contributed by atoms with Crippen molar-refractivity contribution in [1.82, 2.24) is 0 Å². The van der Waals surface area contributed by atoms with Crippen LogP contribution in [-0.4, -0.2) is 13.1 Å². The second-order valence-electron chi connectivity index (χ2n) is 5.61. The predicted molar refractivity (Wildman–Crippen MR) is 95.3 cm³/mol. The molecule has 2 aromatic carbocycles. The third-order valence-corrected chi connectivity index (χ3v) is 4.10. The van der Waals surface area contributed by atoms with Gasteiger partial charge in [-0.05, 0) is 43.5 Å². The maximum Gasteiger partial charge on any atom is 0.199 e. The Morgan fingerprint density at radius 3 is 2.35 bits per heavy atom. The molecule has 0 spiro atoms. The minimum Gasteiger partial charge on any atom is -0.440 e. The quantitative estimate of drug-likeness (QED) is 0.707. The monoisotopic (exact) mass is 307 g/mol. The summed E-state index contributed by atoms with van der Waals surface area (Å²) in [6.07, 6.45) is 0.814. The van der Waals surface area contributed by atoms with Gasteiger partial charge in [0.2, 0.25) is 0 Å². The number of rotatable bonds is 5. The van der Waals surface area contributed by atoms with E-state index >= 15 is 0 Å². The van der Waals surface area contributed by atoms with Crippen LogP contribution in [0, 0.1) is 0 Å². The van der Waals surface area contributed by atoms with Gasteiger partial charge >= 0.3 is 0 Å². The summed E-state index contributed by atoms with van der Waals surface area (Å²) in [5, 5.41) is 0.648. The first-order chi connectivity index (χ1) is 11.2. The Kier molecular flexibility index (Phi) is 4.47. The number of hydrogen-bond donors (Lipinski definition) is 0. The SMILES string of the molecule is CCN(CC)c1cc(=O)c2cc(Cc3ccccc3)ccc2o1. The Morgan fingerprint density at radius 1 is 0.913 bits per heavy atom. The first-order valence-electron chi connectivity index (χ1n) is 8.07. The lowest BCUT2D eigenvalue weighted by Gasteiger charge is -2.19. The molecule has 0 aliphatic carbocycles. The molecule has 3 nitrogen and oxygen atoms in total. The van der Waals surface area contributed by atoms with E-state index in [1.165, 1.54) is 5.56 Å². The van der Waals surface area contributed by atoms with Crippen LogP contribution < -0.4 is 10.3 Å². The molecule has 0 unspecified atom stereocenters. The maximum atomic E-state index is 12.5. The van der Waals surface area contributed by atoms with Gasteiger partial charge in [-0.1, -0.05) is 36.4 Å². The fourth-order valence-electron chi connectivity index (χ4n) is 2.82. The summed E-state index contributed by atoms with van der Waals surface area (Å²) in [5.41, 5.74) is 3.02. The van der Waals surface area contributed by atoms with E-state index in [1.54, 1.807) is 6.07 Å². The molecule has 0 saturated heterocycles. The van der Waals surface area contributed by atoms with Crippen molar-refractivity contribution in [3.05, 3.63) is 75.9 Å². The number of nitrogens with zero attached hydrogens (tertiary/aromatic N) is 1. The van der Waals surface area contributed by atoms with E-state index in [4.69, 9.17) is 4.42 Å². The van der Waals surface area contributed by atoms with Crippen molar-refractivity contribution in [2.75, 3.05) is 18.0 Å². The molecular weight excluding hydrogens is 286 g/mol. The molecule has 0 atom stereocenters. The van der Waals surface area contributed by atoms with Crippen LogP contribution in [0.25, 0.3) is 11.0 Å². The Morgan fingerprint density at radius 2 is 1.65 bits per heavy atom. The third-order valence-electron chi connectivity index (χ3n) is 4.10. The van der Waals surface area contributed by atoms with Crippen LogP contribution in [0.1, 0.15) is 25.0 Å². The highest BCUT2D eigenvalue weighted by Crippen LogP contribution is 2.21. The topological polar surface area (TPSA) is 33.5 Å². The van der Waals surface area contributed by atoms with Crippen LogP contribution in [0.15, 0.2) is 63.8 Å². The second kappa shape index (κ2) is 6.69. The van der Waals surface area contributed by atoms with Crippen LogP contribution in [0.4, 0.5) is 5.88 Å². The van der Waals surface area contributed by atoms with Gasteiger partial charge in [-0.15, -0.1) is 0 Å². The van der Waals surface area contributed by atoms with Crippen molar-refractivity contribution < 1.29 is 4.42 Å². The van der Waals surface area contributed by atoms with Crippen LogP contribution in [0.3, 0.4) is 0 Å². The Labute approximate surface area is 136 Å². The Bertz CT molecular complexity index is 848. The highest BCUT2D eigenvalue weighted by atomic mass is 16.4. The van der Waals surface area contributed by atoms with E-state index in [1.807, 2.05) is 41.3 Å². The molecule has 3 heteroatoms. The summed E-state index contributed by atoms with van der Waals surface area (Å²) in [6.45, 7) is 5.74. The zero-order valence-electron chi connectivity index (χ0n) is 13.6. The van der Waals surface area contributed by atoms with Crippen molar-refractivity contribution >= 4 is 16.9 Å². The molecule has 0 aliphatic rings. The highest BCUT2D eigenvalue weighted by molar-refractivity contribution is 5.78. The molecule has 0 saturated carbocycles. The fraction of sp³-hybridized carbons (Fsp3) is 0.250. The maximum absolute atomic E-state index is 12.5. The van der Waals surface area contributed by atoms with Gasteiger partial charge in [0.25, 0.3) is 0 Å². The zero-order valence-corrected chi connectivity index (χ0v) is 13.6. The lowest BCUT2D eigenvalue weighted by Crippen LogP contribution is -2.23. The molecule has 23 heavy (non-hydrogen) atoms. The first-order valence-corrected chi connectivity index (χ1v) is 8.07. The fourth-order valence-corrected chi connectivity index (χ4v) is 2.82. The normalized spacial score (nSPS) is 10.9. The summed E-state index contributed by atoms with van der Waals surface area (Å²) in [5.74, 6) is 0.642. The molecule has 0 radical (unpaired) electrons. The van der Waals surface area contributed by atoms with Gasteiger partial charge in [-0.25, -0.2) is 0 Å². The molecule has 0 N–H and O–H groups in total. The van der Waals surface area contributed by atoms with E-state index in [9.17, 15) is 4.79 Å². The molecule has 0 bridgehead atoms. The third kappa shape index (κ3) is 3.29. The molecule has 0 fully saturated rings. The van der Waals surface area contributed by atoms with Crippen LogP contribution >= 0.6 is 0 Å². The average molecular weight is 307 g/mol. The highest BCUT2D eigenvalue weighted by Gasteiger charge is 2.10. The number of benzene rings is 2. The van der Waals surface area contributed by atoms with E-state index < -0.39 is 0 Å². The van der Waals surface area contributed by atoms with Crippen LogP contribution in [0.2, 0.25) is 0 Å². The first kappa shape index (κ1) is 15.3. The standard InChI is InChI=1S/C20H21NO2/c1-3-21(4-2)20-14-18(22)17-13-16(10-11-19(17)23-20)12-15-8-6-5-7-9-15/h5-11,13-14H,3-4,12H2,1-2H3. The summed E-state index contributed by atoms with van der Waals surface area (Å²) in [6, 6.07) is 17.7. The molecule has 0 amide bonds. The number of anilines is 1. The molecule has 3 aromatic rings. The van der Waals surface area contributed by atoms with Crippen LogP contribution in [-0.2, 0) is 6.42 Å². The Balaban J connectivity index is 1.99. The van der Waals surface area contributed by atoms with Gasteiger partial charge in [-0.2, -0.15) is 0 Å². The molecule has 118 valence electrons. The summed E-state index contributed by atoms with van der Waals surface area (Å²) in [7, 11) is 0. The summed E-state index contributed by atoms with van der Waals surface area (Å²) < 4.78 is 5.92. The molecule has 0 aliphatic heterocycles. The lowest BCUT2D eigenvalue weighted by molar-refractivity contribution is 0.578. The van der Waals surface area contributed by atoms with E-state index in [0.29, 0.717) is 16.9 Å². The van der Waals surface area contributed by atoms with Crippen molar-refractivity contribution in [3.8, 4) is 0 Å². The molecule has 1 heterocycles. The smallest absolute Gasteiger partial charge is 0.199 e. The van der Waals surface area contributed by atoms with Crippen LogP contribution in [0.5, 0.6) is 0 Å². The van der Waals surface area contributed by atoms with Gasteiger partial charge in [0, 0.05) is 19.2 Å². The van der Waals surface area contributed by atoms with Gasteiger partial charge in [-0.3, -0.25) is 4.79 Å². The number of hydrogen-bond acceptors (Lipinski definition) is 3. The molecule has 3 rings (SSSR count).